The van der Waals surface area contributed by atoms with E-state index in [1.165, 1.54) is 11.3 Å². The summed E-state index contributed by atoms with van der Waals surface area (Å²) < 4.78 is 5.11. The largest absolute Gasteiger partial charge is 0.462 e. The number of carbonyl (C=O) groups excluding carboxylic acids is 2. The number of nitrogen functional groups attached to an aromatic ring is 1. The Bertz CT molecular complexity index is 796. The summed E-state index contributed by atoms with van der Waals surface area (Å²) in [6, 6.07) is 7.64. The van der Waals surface area contributed by atoms with E-state index in [1.807, 2.05) is 31.2 Å². The number of nitrogens with zero attached hydrogens (tertiary/aromatic N) is 1. The molecule has 0 fully saturated rings. The second-order valence-corrected chi connectivity index (χ2v) is 7.35. The molecule has 1 aliphatic rings. The molecule has 0 amide bonds. The number of ketones is 1. The van der Waals surface area contributed by atoms with E-state index < -0.39 is 0 Å². The molecule has 2 aromatic rings. The van der Waals surface area contributed by atoms with E-state index in [9.17, 15) is 9.59 Å². The van der Waals surface area contributed by atoms with Gasteiger partial charge in [-0.25, -0.2) is 4.79 Å². The van der Waals surface area contributed by atoms with Crippen LogP contribution in [0.15, 0.2) is 24.3 Å². The summed E-state index contributed by atoms with van der Waals surface area (Å²) in [6.45, 7) is 5.86. The lowest BCUT2D eigenvalue weighted by atomic mass is 10.0. The van der Waals surface area contributed by atoms with Crippen molar-refractivity contribution in [3.63, 3.8) is 0 Å². The van der Waals surface area contributed by atoms with Gasteiger partial charge in [-0.15, -0.1) is 11.3 Å². The summed E-state index contributed by atoms with van der Waals surface area (Å²) in [5.41, 5.74) is 9.41. The van der Waals surface area contributed by atoms with E-state index in [0.29, 0.717) is 36.7 Å². The van der Waals surface area contributed by atoms with Crippen molar-refractivity contribution in [2.75, 3.05) is 25.4 Å². The average molecular weight is 358 g/mol. The molecule has 1 aromatic heterocycles. The van der Waals surface area contributed by atoms with Crippen LogP contribution in [-0.4, -0.2) is 36.3 Å². The maximum atomic E-state index is 12.5. The van der Waals surface area contributed by atoms with Crippen LogP contribution in [0.2, 0.25) is 0 Å². The Morgan fingerprint density at radius 2 is 2.00 bits per heavy atom. The van der Waals surface area contributed by atoms with E-state index in [0.717, 1.165) is 28.1 Å². The predicted molar refractivity (Wildman–Crippen MR) is 99.2 cm³/mol. The SMILES string of the molecule is CCOC(=O)c1c(N)sc2c1CCN(CC(=O)c1ccc(C)cc1)C2. The third kappa shape index (κ3) is 3.75. The number of carbonyl (C=O) groups is 2. The van der Waals surface area contributed by atoms with Crippen LogP contribution in [0.5, 0.6) is 0 Å². The molecule has 5 nitrogen and oxygen atoms in total. The molecule has 0 unspecified atom stereocenters. The van der Waals surface area contributed by atoms with Gasteiger partial charge in [-0.1, -0.05) is 29.8 Å². The maximum absolute atomic E-state index is 12.5. The van der Waals surface area contributed by atoms with Gasteiger partial charge >= 0.3 is 5.97 Å². The van der Waals surface area contributed by atoms with Crippen LogP contribution in [0.4, 0.5) is 5.00 Å². The molecule has 0 spiro atoms. The number of Topliss-reactive ketones (excluding diaryl/α,β-unsaturated/α-hetero) is 1. The Morgan fingerprint density at radius 3 is 2.68 bits per heavy atom. The fourth-order valence-electron chi connectivity index (χ4n) is 3.07. The zero-order valence-electron chi connectivity index (χ0n) is 14.5. The molecular weight excluding hydrogens is 336 g/mol. The molecule has 1 aromatic carbocycles. The summed E-state index contributed by atoms with van der Waals surface area (Å²) in [6.07, 6.45) is 0.707. The smallest absolute Gasteiger partial charge is 0.341 e. The number of esters is 1. The van der Waals surface area contributed by atoms with Gasteiger partial charge in [0.1, 0.15) is 5.00 Å². The first-order valence-electron chi connectivity index (χ1n) is 8.39. The van der Waals surface area contributed by atoms with Crippen molar-refractivity contribution in [2.24, 2.45) is 0 Å². The molecule has 25 heavy (non-hydrogen) atoms. The molecule has 132 valence electrons. The first kappa shape index (κ1) is 17.6. The van der Waals surface area contributed by atoms with Crippen LogP contribution in [0.1, 0.15) is 43.6 Å². The van der Waals surface area contributed by atoms with Crippen molar-refractivity contribution in [2.45, 2.75) is 26.8 Å². The number of aryl methyl sites for hydroxylation is 1. The van der Waals surface area contributed by atoms with Gasteiger partial charge in [0, 0.05) is 23.5 Å². The van der Waals surface area contributed by atoms with Gasteiger partial charge in [0.25, 0.3) is 0 Å². The third-order valence-corrected chi connectivity index (χ3v) is 5.43. The predicted octanol–water partition coefficient (Wildman–Crippen LogP) is 3.06. The Morgan fingerprint density at radius 1 is 1.28 bits per heavy atom. The molecule has 0 bridgehead atoms. The minimum atomic E-state index is -0.346. The number of anilines is 1. The van der Waals surface area contributed by atoms with E-state index >= 15 is 0 Å². The standard InChI is InChI=1S/C19H22N2O3S/c1-3-24-19(23)17-14-8-9-21(11-16(14)25-18(17)20)10-15(22)13-6-4-12(2)5-7-13/h4-7H,3,8-11,20H2,1-2H3. The van der Waals surface area contributed by atoms with Crippen LogP contribution >= 0.6 is 11.3 Å². The number of fused-ring (bicyclic) bond motifs is 1. The highest BCUT2D eigenvalue weighted by molar-refractivity contribution is 7.16. The molecule has 0 saturated carbocycles. The van der Waals surface area contributed by atoms with Gasteiger partial charge in [0.2, 0.25) is 0 Å². The second-order valence-electron chi connectivity index (χ2n) is 6.21. The summed E-state index contributed by atoms with van der Waals surface area (Å²) in [7, 11) is 0. The van der Waals surface area contributed by atoms with Crippen LogP contribution in [0.25, 0.3) is 0 Å². The topological polar surface area (TPSA) is 72.6 Å². The highest BCUT2D eigenvalue weighted by Crippen LogP contribution is 2.35. The van der Waals surface area contributed by atoms with Crippen LogP contribution in [0.3, 0.4) is 0 Å². The van der Waals surface area contributed by atoms with E-state index in [2.05, 4.69) is 4.90 Å². The van der Waals surface area contributed by atoms with E-state index in [1.54, 1.807) is 6.92 Å². The third-order valence-electron chi connectivity index (χ3n) is 4.38. The Kier molecular flexibility index (Phi) is 5.20. The second kappa shape index (κ2) is 7.37. The van der Waals surface area contributed by atoms with Crippen molar-refractivity contribution < 1.29 is 14.3 Å². The number of ether oxygens (including phenoxy) is 1. The van der Waals surface area contributed by atoms with E-state index in [-0.39, 0.29) is 11.8 Å². The molecule has 1 aliphatic heterocycles. The lowest BCUT2D eigenvalue weighted by Gasteiger charge is -2.26. The number of nitrogens with two attached hydrogens (primary N) is 1. The molecular formula is C19H22N2O3S. The normalized spacial score (nSPS) is 14.2. The molecule has 6 heteroatoms. The lowest BCUT2D eigenvalue weighted by molar-refractivity contribution is 0.0525. The minimum absolute atomic E-state index is 0.110. The highest BCUT2D eigenvalue weighted by Gasteiger charge is 2.28. The van der Waals surface area contributed by atoms with Crippen molar-refractivity contribution in [3.05, 3.63) is 51.4 Å². The lowest BCUT2D eigenvalue weighted by Crippen LogP contribution is -2.34. The zero-order valence-corrected chi connectivity index (χ0v) is 15.3. The minimum Gasteiger partial charge on any atom is -0.462 e. The van der Waals surface area contributed by atoms with Crippen molar-refractivity contribution >= 4 is 28.1 Å². The maximum Gasteiger partial charge on any atom is 0.341 e. The average Bonchev–Trinajstić information content (AvgIpc) is 2.90. The molecule has 0 aliphatic carbocycles. The van der Waals surface area contributed by atoms with Gasteiger partial charge in [0.15, 0.2) is 5.78 Å². The molecule has 2 heterocycles. The fraction of sp³-hybridized carbons (Fsp3) is 0.368. The number of rotatable bonds is 5. The van der Waals surface area contributed by atoms with Crippen LogP contribution in [-0.2, 0) is 17.7 Å². The Balaban J connectivity index is 1.71. The fourth-order valence-corrected chi connectivity index (χ4v) is 4.22. The van der Waals surface area contributed by atoms with E-state index in [4.69, 9.17) is 10.5 Å². The summed E-state index contributed by atoms with van der Waals surface area (Å²) in [4.78, 5) is 27.7. The summed E-state index contributed by atoms with van der Waals surface area (Å²) >= 11 is 1.42. The molecule has 0 saturated heterocycles. The molecule has 2 N–H and O–H groups in total. The quantitative estimate of drug-likeness (QED) is 0.657. The van der Waals surface area contributed by atoms with Crippen molar-refractivity contribution in [3.8, 4) is 0 Å². The van der Waals surface area contributed by atoms with Gasteiger partial charge in [0.05, 0.1) is 18.7 Å². The zero-order chi connectivity index (χ0) is 18.0. The molecule has 3 rings (SSSR count). The van der Waals surface area contributed by atoms with Crippen molar-refractivity contribution in [1.82, 2.24) is 4.90 Å². The summed E-state index contributed by atoms with van der Waals surface area (Å²) in [5.74, 6) is -0.236. The number of benzene rings is 1. The van der Waals surface area contributed by atoms with Crippen LogP contribution in [0, 0.1) is 6.92 Å². The highest BCUT2D eigenvalue weighted by atomic mass is 32.1. The summed E-state index contributed by atoms with van der Waals surface area (Å²) in [5, 5.41) is 0.509. The molecule has 0 atom stereocenters. The number of hydrogen-bond acceptors (Lipinski definition) is 6. The molecule has 0 radical (unpaired) electrons. The monoisotopic (exact) mass is 358 g/mol. The number of hydrogen-bond donors (Lipinski definition) is 1. The Hall–Kier alpha value is -2.18. The first-order chi connectivity index (χ1) is 12.0. The Labute approximate surface area is 151 Å². The van der Waals surface area contributed by atoms with Gasteiger partial charge in [-0.05, 0) is 25.8 Å². The van der Waals surface area contributed by atoms with Crippen molar-refractivity contribution in [1.29, 1.82) is 0 Å². The number of thiophene rings is 1. The van der Waals surface area contributed by atoms with Gasteiger partial charge in [-0.2, -0.15) is 0 Å². The first-order valence-corrected chi connectivity index (χ1v) is 9.20. The van der Waals surface area contributed by atoms with Gasteiger partial charge < -0.3 is 10.5 Å². The van der Waals surface area contributed by atoms with Crippen LogP contribution < -0.4 is 5.73 Å². The van der Waals surface area contributed by atoms with Gasteiger partial charge in [-0.3, -0.25) is 9.69 Å².